The van der Waals surface area contributed by atoms with E-state index >= 15 is 0 Å². The molecule has 0 spiro atoms. The van der Waals surface area contributed by atoms with E-state index in [9.17, 15) is 0 Å². The molecule has 0 amide bonds. The van der Waals surface area contributed by atoms with Gasteiger partial charge in [0.1, 0.15) is 0 Å². The molecule has 2 nitrogen and oxygen atoms in total. The summed E-state index contributed by atoms with van der Waals surface area (Å²) in [4.78, 5) is 6.85. The van der Waals surface area contributed by atoms with Crippen LogP contribution in [0.5, 0.6) is 0 Å². The van der Waals surface area contributed by atoms with E-state index in [1.54, 1.807) is 0 Å². The number of anilines is 1. The number of hydrogen-bond acceptors (Lipinski definition) is 2. The van der Waals surface area contributed by atoms with Crippen LogP contribution in [0, 0.1) is 0 Å². The van der Waals surface area contributed by atoms with Gasteiger partial charge in [0.05, 0.1) is 5.69 Å². The Morgan fingerprint density at radius 2 is 1.82 bits per heavy atom. The summed E-state index contributed by atoms with van der Waals surface area (Å²) < 4.78 is 0. The summed E-state index contributed by atoms with van der Waals surface area (Å²) in [6.07, 6.45) is 4.47. The minimum Gasteiger partial charge on any atom is -0.372 e. The Hall–Kier alpha value is -1.83. The van der Waals surface area contributed by atoms with Gasteiger partial charge in [-0.05, 0) is 37.1 Å². The van der Waals surface area contributed by atoms with Crippen molar-refractivity contribution >= 4 is 5.69 Å². The fourth-order valence-corrected chi connectivity index (χ4v) is 2.37. The molecule has 3 rings (SSSR count). The Bertz CT molecular complexity index is 487. The van der Waals surface area contributed by atoms with Crippen molar-refractivity contribution in [1.29, 1.82) is 0 Å². The van der Waals surface area contributed by atoms with E-state index in [-0.39, 0.29) is 0 Å². The second-order valence-corrected chi connectivity index (χ2v) is 4.46. The SMILES string of the molecule is c1ccc(-c2cccc(N3CCCC3)c2)nc1. The average molecular weight is 224 g/mol. The smallest absolute Gasteiger partial charge is 0.0702 e. The number of hydrogen-bond donors (Lipinski definition) is 0. The maximum atomic E-state index is 4.40. The third kappa shape index (κ3) is 2.16. The van der Waals surface area contributed by atoms with Gasteiger partial charge >= 0.3 is 0 Å². The molecule has 0 aliphatic carbocycles. The highest BCUT2D eigenvalue weighted by Gasteiger charge is 2.12. The molecule has 0 N–H and O–H groups in total. The van der Waals surface area contributed by atoms with Gasteiger partial charge in [-0.3, -0.25) is 4.98 Å². The fraction of sp³-hybridized carbons (Fsp3) is 0.267. The molecule has 1 fully saturated rings. The van der Waals surface area contributed by atoms with Crippen LogP contribution < -0.4 is 4.90 Å². The molecule has 0 bridgehead atoms. The van der Waals surface area contributed by atoms with Crippen LogP contribution in [-0.2, 0) is 0 Å². The minimum absolute atomic E-state index is 1.05. The van der Waals surface area contributed by atoms with Crippen molar-refractivity contribution in [2.24, 2.45) is 0 Å². The number of pyridine rings is 1. The Balaban J connectivity index is 1.94. The molecule has 1 aromatic heterocycles. The molecular weight excluding hydrogens is 208 g/mol. The van der Waals surface area contributed by atoms with Crippen molar-refractivity contribution in [1.82, 2.24) is 4.98 Å². The summed E-state index contributed by atoms with van der Waals surface area (Å²) in [5.41, 5.74) is 3.58. The lowest BCUT2D eigenvalue weighted by molar-refractivity contribution is 0.949. The van der Waals surface area contributed by atoms with Crippen LogP contribution in [0.15, 0.2) is 48.7 Å². The monoisotopic (exact) mass is 224 g/mol. The lowest BCUT2D eigenvalue weighted by atomic mass is 10.1. The molecule has 1 aliphatic heterocycles. The van der Waals surface area contributed by atoms with Crippen LogP contribution in [-0.4, -0.2) is 18.1 Å². The molecule has 0 atom stereocenters. The second kappa shape index (κ2) is 4.58. The first-order valence-corrected chi connectivity index (χ1v) is 6.20. The van der Waals surface area contributed by atoms with Crippen molar-refractivity contribution in [3.8, 4) is 11.3 Å². The lowest BCUT2D eigenvalue weighted by Crippen LogP contribution is -2.17. The molecule has 0 radical (unpaired) electrons. The third-order valence-corrected chi connectivity index (χ3v) is 3.28. The molecule has 1 aromatic carbocycles. The van der Waals surface area contributed by atoms with Gasteiger partial charge in [-0.15, -0.1) is 0 Å². The molecule has 2 heterocycles. The van der Waals surface area contributed by atoms with Gasteiger partial charge in [0.25, 0.3) is 0 Å². The largest absolute Gasteiger partial charge is 0.372 e. The molecular formula is C15H16N2. The van der Waals surface area contributed by atoms with Crippen LogP contribution in [0.25, 0.3) is 11.3 Å². The summed E-state index contributed by atoms with van der Waals surface area (Å²) in [5, 5.41) is 0. The van der Waals surface area contributed by atoms with Crippen molar-refractivity contribution in [2.75, 3.05) is 18.0 Å². The van der Waals surface area contributed by atoms with Crippen molar-refractivity contribution in [3.05, 3.63) is 48.7 Å². The van der Waals surface area contributed by atoms with Gasteiger partial charge < -0.3 is 4.90 Å². The summed E-state index contributed by atoms with van der Waals surface area (Å²) in [5.74, 6) is 0. The van der Waals surface area contributed by atoms with Crippen LogP contribution in [0.4, 0.5) is 5.69 Å². The maximum absolute atomic E-state index is 4.40. The second-order valence-electron chi connectivity index (χ2n) is 4.46. The average Bonchev–Trinajstić information content (AvgIpc) is 2.94. The number of aromatic nitrogens is 1. The van der Waals surface area contributed by atoms with E-state index in [1.807, 2.05) is 18.3 Å². The van der Waals surface area contributed by atoms with Gasteiger partial charge in [0.2, 0.25) is 0 Å². The first-order chi connectivity index (χ1) is 8.43. The topological polar surface area (TPSA) is 16.1 Å². The zero-order chi connectivity index (χ0) is 11.5. The van der Waals surface area contributed by atoms with Gasteiger partial charge in [-0.2, -0.15) is 0 Å². The van der Waals surface area contributed by atoms with E-state index < -0.39 is 0 Å². The van der Waals surface area contributed by atoms with Gasteiger partial charge in [0.15, 0.2) is 0 Å². The Morgan fingerprint density at radius 1 is 0.941 bits per heavy atom. The predicted molar refractivity (Wildman–Crippen MR) is 71.1 cm³/mol. The molecule has 86 valence electrons. The quantitative estimate of drug-likeness (QED) is 0.777. The third-order valence-electron chi connectivity index (χ3n) is 3.28. The first-order valence-electron chi connectivity index (χ1n) is 6.20. The minimum atomic E-state index is 1.05. The Morgan fingerprint density at radius 3 is 2.59 bits per heavy atom. The van der Waals surface area contributed by atoms with E-state index in [0.29, 0.717) is 0 Å². The molecule has 1 saturated heterocycles. The number of rotatable bonds is 2. The number of benzene rings is 1. The van der Waals surface area contributed by atoms with Crippen LogP contribution in [0.1, 0.15) is 12.8 Å². The highest BCUT2D eigenvalue weighted by Crippen LogP contribution is 2.25. The molecule has 2 heteroatoms. The van der Waals surface area contributed by atoms with Crippen LogP contribution >= 0.6 is 0 Å². The van der Waals surface area contributed by atoms with E-state index in [1.165, 1.54) is 37.2 Å². The normalized spacial score (nSPS) is 15.2. The van der Waals surface area contributed by atoms with Gasteiger partial charge in [-0.1, -0.05) is 18.2 Å². The Kier molecular flexibility index (Phi) is 2.78. The summed E-state index contributed by atoms with van der Waals surface area (Å²) >= 11 is 0. The molecule has 0 saturated carbocycles. The molecule has 2 aromatic rings. The van der Waals surface area contributed by atoms with Crippen molar-refractivity contribution < 1.29 is 0 Å². The zero-order valence-electron chi connectivity index (χ0n) is 9.84. The maximum Gasteiger partial charge on any atom is 0.0702 e. The van der Waals surface area contributed by atoms with Crippen molar-refractivity contribution in [3.63, 3.8) is 0 Å². The fourth-order valence-electron chi connectivity index (χ4n) is 2.37. The highest BCUT2D eigenvalue weighted by atomic mass is 15.1. The molecule has 1 aliphatic rings. The highest BCUT2D eigenvalue weighted by molar-refractivity contribution is 5.65. The lowest BCUT2D eigenvalue weighted by Gasteiger charge is -2.18. The van der Waals surface area contributed by atoms with Gasteiger partial charge in [0, 0.05) is 30.5 Å². The van der Waals surface area contributed by atoms with E-state index in [0.717, 1.165) is 5.69 Å². The van der Waals surface area contributed by atoms with Crippen molar-refractivity contribution in [2.45, 2.75) is 12.8 Å². The van der Waals surface area contributed by atoms with Crippen LogP contribution in [0.2, 0.25) is 0 Å². The van der Waals surface area contributed by atoms with E-state index in [2.05, 4.69) is 40.2 Å². The summed E-state index contributed by atoms with van der Waals surface area (Å²) in [6, 6.07) is 14.7. The van der Waals surface area contributed by atoms with Crippen LogP contribution in [0.3, 0.4) is 0 Å². The number of nitrogens with zero attached hydrogens (tertiary/aromatic N) is 2. The standard InChI is InChI=1S/C15H16N2/c1-2-9-16-15(8-1)13-6-5-7-14(12-13)17-10-3-4-11-17/h1-2,5-9,12H,3-4,10-11H2. The van der Waals surface area contributed by atoms with Gasteiger partial charge in [-0.25, -0.2) is 0 Å². The zero-order valence-corrected chi connectivity index (χ0v) is 9.84. The summed E-state index contributed by atoms with van der Waals surface area (Å²) in [6.45, 7) is 2.37. The first kappa shape index (κ1) is 10.3. The predicted octanol–water partition coefficient (Wildman–Crippen LogP) is 3.35. The molecule has 0 unspecified atom stereocenters. The molecule has 17 heavy (non-hydrogen) atoms. The Labute approximate surface area is 102 Å². The summed E-state index contributed by atoms with van der Waals surface area (Å²) in [7, 11) is 0. The van der Waals surface area contributed by atoms with E-state index in [4.69, 9.17) is 0 Å².